The number of aliphatic hydroxyl groups is 1. The van der Waals surface area contributed by atoms with Crippen molar-refractivity contribution in [2.24, 2.45) is 0 Å². The van der Waals surface area contributed by atoms with Crippen LogP contribution >= 0.6 is 0 Å². The molecule has 2 aromatic carbocycles. The second-order valence-corrected chi connectivity index (χ2v) is 9.24. The van der Waals surface area contributed by atoms with Gasteiger partial charge < -0.3 is 10.4 Å². The van der Waals surface area contributed by atoms with Gasteiger partial charge in [-0.25, -0.2) is 17.2 Å². The molecule has 3 rings (SSSR count). The van der Waals surface area contributed by atoms with Gasteiger partial charge in [-0.1, -0.05) is 36.4 Å². The number of sulfone groups is 1. The van der Waals surface area contributed by atoms with Gasteiger partial charge in [-0.15, -0.1) is 0 Å². The topological polar surface area (TPSA) is 86.7 Å². The Morgan fingerprint density at radius 3 is 2.31 bits per heavy atom. The maximum absolute atomic E-state index is 13.4. The number of halogens is 2. The van der Waals surface area contributed by atoms with Gasteiger partial charge in [0.05, 0.1) is 17.6 Å². The number of amides is 1. The van der Waals surface area contributed by atoms with E-state index in [0.717, 1.165) is 12.1 Å². The van der Waals surface area contributed by atoms with Crippen molar-refractivity contribution < 1.29 is 27.1 Å². The van der Waals surface area contributed by atoms with Crippen LogP contribution in [0, 0.1) is 11.6 Å². The Balaban J connectivity index is 1.72. The zero-order chi connectivity index (χ0) is 21.0. The minimum atomic E-state index is -3.11. The summed E-state index contributed by atoms with van der Waals surface area (Å²) in [5.41, 5.74) is 0.844. The molecule has 6 nitrogen and oxygen atoms in total. The second-order valence-electron chi connectivity index (χ2n) is 6.94. The highest BCUT2D eigenvalue weighted by molar-refractivity contribution is 7.91. The fourth-order valence-corrected chi connectivity index (χ4v) is 4.51. The number of nitrogens with zero attached hydrogens (tertiary/aromatic N) is 1. The van der Waals surface area contributed by atoms with E-state index in [4.69, 9.17) is 0 Å². The van der Waals surface area contributed by atoms with Gasteiger partial charge in [0.25, 0.3) is 0 Å². The first-order chi connectivity index (χ1) is 13.8. The predicted molar refractivity (Wildman–Crippen MR) is 104 cm³/mol. The summed E-state index contributed by atoms with van der Waals surface area (Å²) >= 11 is 0. The molecule has 0 radical (unpaired) electrons. The van der Waals surface area contributed by atoms with Crippen LogP contribution in [-0.2, 0) is 14.6 Å². The van der Waals surface area contributed by atoms with Crippen molar-refractivity contribution in [1.82, 2.24) is 10.2 Å². The van der Waals surface area contributed by atoms with Crippen LogP contribution in [0.2, 0.25) is 0 Å². The number of nitrogens with one attached hydrogen (secondary N) is 1. The molecule has 1 aliphatic rings. The van der Waals surface area contributed by atoms with Crippen LogP contribution in [0.3, 0.4) is 0 Å². The van der Waals surface area contributed by atoms with Gasteiger partial charge in [-0.05, 0) is 23.3 Å². The highest BCUT2D eigenvalue weighted by Crippen LogP contribution is 2.24. The maximum atomic E-state index is 13.4. The quantitative estimate of drug-likeness (QED) is 0.736. The Labute approximate surface area is 168 Å². The third-order valence-electron chi connectivity index (χ3n) is 4.91. The summed E-state index contributed by atoms with van der Waals surface area (Å²) in [4.78, 5) is 14.7. The molecular weight excluding hydrogens is 402 g/mol. The Morgan fingerprint density at radius 1 is 1.03 bits per heavy atom. The number of hydrogen-bond donors (Lipinski definition) is 2. The lowest BCUT2D eigenvalue weighted by atomic mass is 10.0. The van der Waals surface area contributed by atoms with E-state index in [1.54, 1.807) is 29.2 Å². The molecule has 2 aromatic rings. The molecule has 0 bridgehead atoms. The van der Waals surface area contributed by atoms with E-state index < -0.39 is 39.5 Å². The SMILES string of the molecule is O=C(NCC(O)c1ccc(F)c(F)c1)C(c1ccccc1)N1CCS(=O)(=O)CC1. The van der Waals surface area contributed by atoms with E-state index in [-0.39, 0.29) is 36.7 Å². The molecule has 9 heteroatoms. The molecule has 2 unspecified atom stereocenters. The molecule has 0 aliphatic carbocycles. The first kappa shape index (κ1) is 21.4. The number of rotatable bonds is 6. The largest absolute Gasteiger partial charge is 0.387 e. The van der Waals surface area contributed by atoms with Crippen molar-refractivity contribution in [3.8, 4) is 0 Å². The minimum absolute atomic E-state index is 0.0267. The van der Waals surface area contributed by atoms with Crippen LogP contribution in [0.5, 0.6) is 0 Å². The summed E-state index contributed by atoms with van der Waals surface area (Å²) in [5.74, 6) is -2.56. The molecule has 1 aliphatic heterocycles. The maximum Gasteiger partial charge on any atom is 0.242 e. The molecule has 29 heavy (non-hydrogen) atoms. The summed E-state index contributed by atoms with van der Waals surface area (Å²) in [5, 5.41) is 12.9. The average Bonchev–Trinajstić information content (AvgIpc) is 2.70. The molecule has 1 heterocycles. The monoisotopic (exact) mass is 424 g/mol. The average molecular weight is 424 g/mol. The summed E-state index contributed by atoms with van der Waals surface area (Å²) in [6, 6.07) is 11.3. The zero-order valence-electron chi connectivity index (χ0n) is 15.6. The van der Waals surface area contributed by atoms with Crippen molar-refractivity contribution in [3.05, 3.63) is 71.3 Å². The van der Waals surface area contributed by atoms with Gasteiger partial charge in [0.1, 0.15) is 6.04 Å². The van der Waals surface area contributed by atoms with Crippen molar-refractivity contribution in [2.75, 3.05) is 31.1 Å². The Kier molecular flexibility index (Phi) is 6.61. The number of benzene rings is 2. The predicted octanol–water partition coefficient (Wildman–Crippen LogP) is 1.59. The molecule has 2 atom stereocenters. The fraction of sp³-hybridized carbons (Fsp3) is 0.350. The van der Waals surface area contributed by atoms with E-state index >= 15 is 0 Å². The van der Waals surface area contributed by atoms with Gasteiger partial charge in [0.2, 0.25) is 5.91 Å². The van der Waals surface area contributed by atoms with Crippen molar-refractivity contribution in [2.45, 2.75) is 12.1 Å². The van der Waals surface area contributed by atoms with Crippen LogP contribution in [0.4, 0.5) is 8.78 Å². The summed E-state index contributed by atoms with van der Waals surface area (Å²) in [6.07, 6.45) is -1.22. The molecule has 1 saturated heterocycles. The highest BCUT2D eigenvalue weighted by atomic mass is 32.2. The fourth-order valence-electron chi connectivity index (χ4n) is 3.28. The van der Waals surface area contributed by atoms with Crippen LogP contribution < -0.4 is 5.32 Å². The molecule has 156 valence electrons. The van der Waals surface area contributed by atoms with Gasteiger partial charge in [-0.3, -0.25) is 9.69 Å². The lowest BCUT2D eigenvalue weighted by Gasteiger charge is -2.34. The molecule has 2 N–H and O–H groups in total. The molecule has 0 aromatic heterocycles. The summed E-state index contributed by atoms with van der Waals surface area (Å²) < 4.78 is 49.9. The van der Waals surface area contributed by atoms with Crippen LogP contribution in [0.15, 0.2) is 48.5 Å². The Hall–Kier alpha value is -2.36. The second kappa shape index (κ2) is 8.98. The molecule has 1 amide bonds. The number of carbonyl (C=O) groups is 1. The van der Waals surface area contributed by atoms with Crippen molar-refractivity contribution in [3.63, 3.8) is 0 Å². The summed E-state index contributed by atoms with van der Waals surface area (Å²) in [7, 11) is -3.11. The molecule has 0 spiro atoms. The summed E-state index contributed by atoms with van der Waals surface area (Å²) in [6.45, 7) is 0.251. The number of carbonyl (C=O) groups excluding carboxylic acids is 1. The van der Waals surface area contributed by atoms with E-state index in [1.807, 2.05) is 6.07 Å². The number of aliphatic hydroxyl groups excluding tert-OH is 1. The van der Waals surface area contributed by atoms with E-state index in [1.165, 1.54) is 6.07 Å². The molecule has 0 saturated carbocycles. The number of hydrogen-bond acceptors (Lipinski definition) is 5. The van der Waals surface area contributed by atoms with Gasteiger partial charge in [0, 0.05) is 19.6 Å². The van der Waals surface area contributed by atoms with E-state index in [9.17, 15) is 27.1 Å². The van der Waals surface area contributed by atoms with Gasteiger partial charge in [0.15, 0.2) is 21.5 Å². The third kappa shape index (κ3) is 5.37. The Morgan fingerprint density at radius 2 is 1.69 bits per heavy atom. The van der Waals surface area contributed by atoms with Crippen LogP contribution in [0.1, 0.15) is 23.3 Å². The van der Waals surface area contributed by atoms with Gasteiger partial charge >= 0.3 is 0 Å². The van der Waals surface area contributed by atoms with Crippen LogP contribution in [0.25, 0.3) is 0 Å². The van der Waals surface area contributed by atoms with Crippen LogP contribution in [-0.4, -0.2) is 55.5 Å². The normalized spacial score (nSPS) is 18.7. The Bertz CT molecular complexity index is 956. The lowest BCUT2D eigenvalue weighted by Crippen LogP contribution is -2.48. The first-order valence-corrected chi connectivity index (χ1v) is 11.0. The standard InChI is InChI=1S/C20H22F2N2O4S/c21-16-7-6-15(12-17(16)22)18(25)13-23-20(26)19(14-4-2-1-3-5-14)24-8-10-29(27,28)11-9-24/h1-7,12,18-19,25H,8-11,13H2,(H,23,26). The van der Waals surface area contributed by atoms with E-state index in [2.05, 4.69) is 5.32 Å². The highest BCUT2D eigenvalue weighted by Gasteiger charge is 2.32. The minimum Gasteiger partial charge on any atom is -0.387 e. The van der Waals surface area contributed by atoms with E-state index in [0.29, 0.717) is 5.56 Å². The first-order valence-electron chi connectivity index (χ1n) is 9.17. The third-order valence-corrected chi connectivity index (χ3v) is 6.52. The zero-order valence-corrected chi connectivity index (χ0v) is 16.4. The van der Waals surface area contributed by atoms with Crippen molar-refractivity contribution in [1.29, 1.82) is 0 Å². The molecular formula is C20H22F2N2O4S. The van der Waals surface area contributed by atoms with Crippen molar-refractivity contribution >= 4 is 15.7 Å². The molecule has 1 fully saturated rings. The smallest absolute Gasteiger partial charge is 0.242 e. The lowest BCUT2D eigenvalue weighted by molar-refractivity contribution is -0.127. The van der Waals surface area contributed by atoms with Gasteiger partial charge in [-0.2, -0.15) is 0 Å².